The molecule has 23 heavy (non-hydrogen) atoms. The van der Waals surface area contributed by atoms with Crippen LogP contribution in [0.15, 0.2) is 12.4 Å². The van der Waals surface area contributed by atoms with Crippen LogP contribution >= 0.6 is 11.3 Å². The van der Waals surface area contributed by atoms with Crippen LogP contribution in [-0.4, -0.2) is 26.6 Å². The summed E-state index contributed by atoms with van der Waals surface area (Å²) in [7, 11) is 0. The molecule has 1 atom stereocenters. The number of aryl methyl sites for hydroxylation is 2. The van der Waals surface area contributed by atoms with Gasteiger partial charge in [0.05, 0.1) is 5.69 Å². The van der Waals surface area contributed by atoms with E-state index < -0.39 is 0 Å². The molecule has 2 aliphatic rings. The fourth-order valence-corrected chi connectivity index (χ4v) is 4.58. The van der Waals surface area contributed by atoms with Crippen molar-refractivity contribution in [2.45, 2.75) is 57.5 Å². The molecule has 0 fully saturated rings. The quantitative estimate of drug-likeness (QED) is 0.889. The first-order valence-electron chi connectivity index (χ1n) is 8.09. The first-order chi connectivity index (χ1) is 11.0. The summed E-state index contributed by atoms with van der Waals surface area (Å²) in [6.07, 6.45) is 7.72. The van der Waals surface area contributed by atoms with Crippen molar-refractivity contribution < 1.29 is 4.79 Å². The largest absolute Gasteiger partial charge is 0.335 e. The second-order valence-corrected chi connectivity index (χ2v) is 8.08. The van der Waals surface area contributed by atoms with Crippen molar-refractivity contribution in [2.24, 2.45) is 0 Å². The van der Waals surface area contributed by atoms with E-state index in [0.29, 0.717) is 5.13 Å². The predicted octanol–water partition coefficient (Wildman–Crippen LogP) is 2.70. The van der Waals surface area contributed by atoms with Crippen LogP contribution in [0.4, 0.5) is 9.93 Å². The van der Waals surface area contributed by atoms with Gasteiger partial charge in [-0.05, 0) is 19.3 Å². The van der Waals surface area contributed by atoms with E-state index >= 15 is 0 Å². The van der Waals surface area contributed by atoms with Crippen molar-refractivity contribution in [3.63, 3.8) is 0 Å². The predicted molar refractivity (Wildman–Crippen MR) is 90.0 cm³/mol. The molecule has 0 saturated heterocycles. The Kier molecular flexibility index (Phi) is 3.41. The molecule has 2 amide bonds. The van der Waals surface area contributed by atoms with E-state index in [1.807, 2.05) is 12.4 Å². The number of fused-ring (bicyclic) bond motifs is 2. The lowest BCUT2D eigenvalue weighted by molar-refractivity contribution is 0.245. The van der Waals surface area contributed by atoms with E-state index in [2.05, 4.69) is 39.0 Å². The van der Waals surface area contributed by atoms with Crippen LogP contribution in [0, 0.1) is 0 Å². The van der Waals surface area contributed by atoms with Gasteiger partial charge in [-0.25, -0.2) is 14.8 Å². The van der Waals surface area contributed by atoms with E-state index in [1.165, 1.54) is 4.88 Å². The third kappa shape index (κ3) is 2.73. The molecule has 0 bridgehead atoms. The van der Waals surface area contributed by atoms with Gasteiger partial charge in [-0.2, -0.15) is 0 Å². The second-order valence-electron chi connectivity index (χ2n) is 7.00. The molecule has 122 valence electrons. The molecule has 4 rings (SSSR count). The first-order valence-corrected chi connectivity index (χ1v) is 8.91. The van der Waals surface area contributed by atoms with Gasteiger partial charge in [-0.1, -0.05) is 13.8 Å². The molecule has 7 heteroatoms. The van der Waals surface area contributed by atoms with Crippen LogP contribution in [0.2, 0.25) is 0 Å². The Morgan fingerprint density at radius 1 is 1.48 bits per heavy atom. The highest BCUT2D eigenvalue weighted by atomic mass is 32.1. The van der Waals surface area contributed by atoms with Crippen LogP contribution in [-0.2, 0) is 24.8 Å². The van der Waals surface area contributed by atoms with E-state index in [1.54, 1.807) is 11.3 Å². The van der Waals surface area contributed by atoms with Crippen molar-refractivity contribution in [3.05, 3.63) is 28.8 Å². The monoisotopic (exact) mass is 331 g/mol. The lowest BCUT2D eigenvalue weighted by Crippen LogP contribution is -2.42. The number of aromatic nitrogens is 3. The van der Waals surface area contributed by atoms with Gasteiger partial charge in [0.1, 0.15) is 5.82 Å². The summed E-state index contributed by atoms with van der Waals surface area (Å²) in [4.78, 5) is 22.5. The van der Waals surface area contributed by atoms with Crippen molar-refractivity contribution in [2.75, 3.05) is 5.32 Å². The zero-order valence-electron chi connectivity index (χ0n) is 13.4. The summed E-state index contributed by atoms with van der Waals surface area (Å²) in [6.45, 7) is 5.33. The second kappa shape index (κ2) is 5.33. The molecule has 2 aromatic rings. The van der Waals surface area contributed by atoms with Gasteiger partial charge in [0.25, 0.3) is 0 Å². The molecule has 0 radical (unpaired) electrons. The van der Waals surface area contributed by atoms with Crippen LogP contribution in [0.3, 0.4) is 0 Å². The Balaban J connectivity index is 1.38. The third-order valence-electron chi connectivity index (χ3n) is 4.82. The normalized spacial score (nSPS) is 21.6. The highest BCUT2D eigenvalue weighted by Gasteiger charge is 2.34. The summed E-state index contributed by atoms with van der Waals surface area (Å²) in [6, 6.07) is -0.0339. The number of nitrogens with one attached hydrogen (secondary N) is 2. The fourth-order valence-electron chi connectivity index (χ4n) is 3.44. The van der Waals surface area contributed by atoms with Gasteiger partial charge in [0.15, 0.2) is 5.13 Å². The number of thiazole rings is 1. The SMILES string of the molecule is CC1(C)CCc2sc(NC(=O)NC3CCn4ccnc4C3)nc21. The number of imidazole rings is 1. The van der Waals surface area contributed by atoms with E-state index in [0.717, 1.165) is 43.7 Å². The van der Waals surface area contributed by atoms with Crippen LogP contribution < -0.4 is 10.6 Å². The number of hydrogen-bond acceptors (Lipinski definition) is 4. The number of carbonyl (C=O) groups excluding carboxylic acids is 1. The molecular weight excluding hydrogens is 310 g/mol. The number of nitrogens with zero attached hydrogens (tertiary/aromatic N) is 3. The van der Waals surface area contributed by atoms with E-state index in [4.69, 9.17) is 0 Å². The topological polar surface area (TPSA) is 71.8 Å². The maximum atomic E-state index is 12.2. The van der Waals surface area contributed by atoms with Gasteiger partial charge in [-0.15, -0.1) is 11.3 Å². The lowest BCUT2D eigenvalue weighted by Gasteiger charge is -2.24. The molecule has 2 N–H and O–H groups in total. The smallest absolute Gasteiger partial charge is 0.321 e. The highest BCUT2D eigenvalue weighted by Crippen LogP contribution is 2.42. The average Bonchev–Trinajstić information content (AvgIpc) is 3.16. The minimum absolute atomic E-state index is 0.128. The number of hydrogen-bond donors (Lipinski definition) is 2. The molecule has 1 aliphatic heterocycles. The van der Waals surface area contributed by atoms with Gasteiger partial charge < -0.3 is 9.88 Å². The highest BCUT2D eigenvalue weighted by molar-refractivity contribution is 7.16. The molecular formula is C16H21N5OS. The standard InChI is InChI=1S/C16H21N5OS/c1-16(2)5-3-11-13(16)19-15(23-11)20-14(22)18-10-4-7-21-8-6-17-12(21)9-10/h6,8,10H,3-5,7,9H2,1-2H3,(H2,18,19,20,22). The zero-order chi connectivity index (χ0) is 16.0. The average molecular weight is 331 g/mol. The van der Waals surface area contributed by atoms with Crippen LogP contribution in [0.25, 0.3) is 0 Å². The molecule has 0 spiro atoms. The van der Waals surface area contributed by atoms with Gasteiger partial charge in [0, 0.05) is 41.7 Å². The summed E-state index contributed by atoms with van der Waals surface area (Å²) in [5.74, 6) is 1.04. The number of amides is 2. The lowest BCUT2D eigenvalue weighted by atomic mass is 9.91. The van der Waals surface area contributed by atoms with E-state index in [-0.39, 0.29) is 17.5 Å². The maximum Gasteiger partial charge on any atom is 0.321 e. The molecule has 0 aromatic carbocycles. The Morgan fingerprint density at radius 2 is 2.35 bits per heavy atom. The van der Waals surface area contributed by atoms with Crippen molar-refractivity contribution in [1.82, 2.24) is 19.9 Å². The first kappa shape index (κ1) is 14.7. The number of carbonyl (C=O) groups is 1. The summed E-state index contributed by atoms with van der Waals surface area (Å²) < 4.78 is 2.14. The van der Waals surface area contributed by atoms with Crippen LogP contribution in [0.5, 0.6) is 0 Å². The molecule has 1 unspecified atom stereocenters. The van der Waals surface area contributed by atoms with Crippen LogP contribution in [0.1, 0.15) is 43.1 Å². The van der Waals surface area contributed by atoms with Crippen molar-refractivity contribution >= 4 is 22.5 Å². The van der Waals surface area contributed by atoms with Gasteiger partial charge in [0.2, 0.25) is 0 Å². The number of rotatable bonds is 2. The Labute approximate surface area is 139 Å². The third-order valence-corrected chi connectivity index (χ3v) is 5.85. The Hall–Kier alpha value is -1.89. The maximum absolute atomic E-state index is 12.2. The summed E-state index contributed by atoms with van der Waals surface area (Å²) in [5, 5.41) is 6.66. The zero-order valence-corrected chi connectivity index (χ0v) is 14.2. The Morgan fingerprint density at radius 3 is 3.17 bits per heavy atom. The fraction of sp³-hybridized carbons (Fsp3) is 0.562. The molecule has 1 aliphatic carbocycles. The summed E-state index contributed by atoms with van der Waals surface area (Å²) in [5.41, 5.74) is 1.28. The number of urea groups is 1. The molecule has 6 nitrogen and oxygen atoms in total. The van der Waals surface area contributed by atoms with Crippen molar-refractivity contribution in [1.29, 1.82) is 0 Å². The van der Waals surface area contributed by atoms with E-state index in [9.17, 15) is 4.79 Å². The molecule has 0 saturated carbocycles. The summed E-state index contributed by atoms with van der Waals surface area (Å²) >= 11 is 1.61. The van der Waals surface area contributed by atoms with Crippen molar-refractivity contribution in [3.8, 4) is 0 Å². The molecule has 3 heterocycles. The Bertz CT molecular complexity index is 747. The molecule has 2 aromatic heterocycles. The number of anilines is 1. The van der Waals surface area contributed by atoms with Gasteiger partial charge >= 0.3 is 6.03 Å². The minimum atomic E-state index is -0.166. The van der Waals surface area contributed by atoms with Gasteiger partial charge in [-0.3, -0.25) is 5.32 Å². The minimum Gasteiger partial charge on any atom is -0.335 e.